The number of hydrogen-bond donors (Lipinski definition) is 1. The van der Waals surface area contributed by atoms with Gasteiger partial charge in [0.25, 0.3) is 0 Å². The van der Waals surface area contributed by atoms with Gasteiger partial charge in [0.05, 0.1) is 0 Å². The molecule has 21 heavy (non-hydrogen) atoms. The van der Waals surface area contributed by atoms with Crippen LogP contribution in [0.2, 0.25) is 0 Å². The number of rotatable bonds is 5. The minimum Gasteiger partial charge on any atom is -0.385 e. The number of aromatic nitrogens is 1. The van der Waals surface area contributed by atoms with E-state index in [1.807, 2.05) is 12.4 Å². The molecule has 3 rings (SSSR count). The summed E-state index contributed by atoms with van der Waals surface area (Å²) in [5.41, 5.74) is 5.53. The molecule has 0 spiro atoms. The standard InChI is InChI=1S/C18H23N3/c1-2-21(13-15-7-10-19-11-8-15)14-16-5-6-18-17(12-16)4-3-9-20-18/h5-8,10-12,20H,2-4,9,13-14H2,1H3. The third-order valence-corrected chi connectivity index (χ3v) is 4.12. The third kappa shape index (κ3) is 3.61. The lowest BCUT2D eigenvalue weighted by molar-refractivity contribution is 0.271. The number of pyridine rings is 1. The van der Waals surface area contributed by atoms with E-state index in [0.29, 0.717) is 0 Å². The Morgan fingerprint density at radius 2 is 1.90 bits per heavy atom. The maximum absolute atomic E-state index is 4.09. The van der Waals surface area contributed by atoms with Gasteiger partial charge in [0.1, 0.15) is 0 Å². The molecule has 0 fully saturated rings. The van der Waals surface area contributed by atoms with Gasteiger partial charge in [-0.2, -0.15) is 0 Å². The maximum Gasteiger partial charge on any atom is 0.0372 e. The van der Waals surface area contributed by atoms with E-state index in [4.69, 9.17) is 0 Å². The van der Waals surface area contributed by atoms with Gasteiger partial charge < -0.3 is 5.32 Å². The average molecular weight is 281 g/mol. The molecule has 0 aliphatic carbocycles. The fourth-order valence-corrected chi connectivity index (χ4v) is 2.91. The molecule has 1 aliphatic heterocycles. The molecule has 0 saturated carbocycles. The first-order valence-corrected chi connectivity index (χ1v) is 7.82. The predicted octanol–water partition coefficient (Wildman–Crippen LogP) is 3.46. The zero-order chi connectivity index (χ0) is 14.5. The Morgan fingerprint density at radius 1 is 1.10 bits per heavy atom. The number of fused-ring (bicyclic) bond motifs is 1. The van der Waals surface area contributed by atoms with Crippen LogP contribution in [-0.2, 0) is 19.5 Å². The van der Waals surface area contributed by atoms with Gasteiger partial charge in [0, 0.05) is 37.7 Å². The van der Waals surface area contributed by atoms with Crippen LogP contribution in [0.25, 0.3) is 0 Å². The summed E-state index contributed by atoms with van der Waals surface area (Å²) in [6, 6.07) is 11.1. The highest BCUT2D eigenvalue weighted by atomic mass is 15.1. The second-order valence-electron chi connectivity index (χ2n) is 5.68. The summed E-state index contributed by atoms with van der Waals surface area (Å²) in [4.78, 5) is 6.55. The minimum absolute atomic E-state index is 0.981. The van der Waals surface area contributed by atoms with Crippen LogP contribution in [0.15, 0.2) is 42.7 Å². The molecule has 110 valence electrons. The average Bonchev–Trinajstić information content (AvgIpc) is 2.55. The fourth-order valence-electron chi connectivity index (χ4n) is 2.91. The van der Waals surface area contributed by atoms with Crippen LogP contribution in [0.3, 0.4) is 0 Å². The zero-order valence-corrected chi connectivity index (χ0v) is 12.7. The molecule has 1 aliphatic rings. The topological polar surface area (TPSA) is 28.2 Å². The van der Waals surface area contributed by atoms with Crippen LogP contribution in [-0.4, -0.2) is 23.0 Å². The van der Waals surface area contributed by atoms with Gasteiger partial charge in [-0.05, 0) is 54.3 Å². The van der Waals surface area contributed by atoms with Crippen molar-refractivity contribution in [3.05, 3.63) is 59.4 Å². The second kappa shape index (κ2) is 6.72. The van der Waals surface area contributed by atoms with Crippen LogP contribution in [0.1, 0.15) is 30.0 Å². The van der Waals surface area contributed by atoms with E-state index < -0.39 is 0 Å². The first kappa shape index (κ1) is 14.1. The molecule has 0 atom stereocenters. The molecular formula is C18H23N3. The highest BCUT2D eigenvalue weighted by molar-refractivity contribution is 5.54. The highest BCUT2D eigenvalue weighted by Crippen LogP contribution is 2.23. The molecule has 0 bridgehead atoms. The van der Waals surface area contributed by atoms with E-state index in [1.54, 1.807) is 0 Å². The predicted molar refractivity (Wildman–Crippen MR) is 87.3 cm³/mol. The number of benzene rings is 1. The summed E-state index contributed by atoms with van der Waals surface area (Å²) < 4.78 is 0. The molecule has 0 radical (unpaired) electrons. The Bertz CT molecular complexity index is 580. The Labute approximate surface area is 127 Å². The number of anilines is 1. The Hall–Kier alpha value is -1.87. The minimum atomic E-state index is 0.981. The first-order valence-electron chi connectivity index (χ1n) is 7.82. The Morgan fingerprint density at radius 3 is 2.71 bits per heavy atom. The third-order valence-electron chi connectivity index (χ3n) is 4.12. The van der Waals surface area contributed by atoms with Crippen molar-refractivity contribution in [1.82, 2.24) is 9.88 Å². The van der Waals surface area contributed by atoms with Crippen molar-refractivity contribution in [1.29, 1.82) is 0 Å². The summed E-state index contributed by atoms with van der Waals surface area (Å²) in [6.45, 7) is 6.37. The molecule has 0 saturated heterocycles. The van der Waals surface area contributed by atoms with Crippen molar-refractivity contribution in [2.75, 3.05) is 18.4 Å². The molecule has 0 unspecified atom stereocenters. The molecule has 3 heteroatoms. The number of nitrogens with one attached hydrogen (secondary N) is 1. The van der Waals surface area contributed by atoms with Crippen molar-refractivity contribution < 1.29 is 0 Å². The Kier molecular flexibility index (Phi) is 4.51. The SMILES string of the molecule is CCN(Cc1ccncc1)Cc1ccc2c(c1)CCCN2. The quantitative estimate of drug-likeness (QED) is 0.909. The summed E-state index contributed by atoms with van der Waals surface area (Å²) in [5, 5.41) is 3.48. The normalized spacial score (nSPS) is 13.8. The molecule has 2 heterocycles. The van der Waals surface area contributed by atoms with Crippen molar-refractivity contribution >= 4 is 5.69 Å². The van der Waals surface area contributed by atoms with Gasteiger partial charge in [-0.15, -0.1) is 0 Å². The lowest BCUT2D eigenvalue weighted by Crippen LogP contribution is -2.22. The van der Waals surface area contributed by atoms with E-state index in [0.717, 1.165) is 26.2 Å². The van der Waals surface area contributed by atoms with Crippen LogP contribution >= 0.6 is 0 Å². The monoisotopic (exact) mass is 281 g/mol. The van der Waals surface area contributed by atoms with E-state index in [9.17, 15) is 0 Å². The van der Waals surface area contributed by atoms with Crippen LogP contribution in [0.5, 0.6) is 0 Å². The maximum atomic E-state index is 4.09. The van der Waals surface area contributed by atoms with E-state index >= 15 is 0 Å². The molecule has 0 amide bonds. The summed E-state index contributed by atoms with van der Waals surface area (Å²) >= 11 is 0. The van der Waals surface area contributed by atoms with Crippen molar-refractivity contribution in [3.8, 4) is 0 Å². The van der Waals surface area contributed by atoms with Gasteiger partial charge in [-0.3, -0.25) is 9.88 Å². The number of nitrogens with zero attached hydrogens (tertiary/aromatic N) is 2. The van der Waals surface area contributed by atoms with Gasteiger partial charge in [0.15, 0.2) is 0 Å². The summed E-state index contributed by atoms with van der Waals surface area (Å²) in [5.74, 6) is 0. The van der Waals surface area contributed by atoms with Crippen molar-refractivity contribution in [3.63, 3.8) is 0 Å². The number of hydrogen-bond acceptors (Lipinski definition) is 3. The van der Waals surface area contributed by atoms with Gasteiger partial charge >= 0.3 is 0 Å². The fraction of sp³-hybridized carbons (Fsp3) is 0.389. The smallest absolute Gasteiger partial charge is 0.0372 e. The van der Waals surface area contributed by atoms with Crippen LogP contribution in [0, 0.1) is 0 Å². The molecular weight excluding hydrogens is 258 g/mol. The lowest BCUT2D eigenvalue weighted by atomic mass is 10.0. The molecule has 3 nitrogen and oxygen atoms in total. The van der Waals surface area contributed by atoms with E-state index in [2.05, 4.69) is 52.5 Å². The van der Waals surface area contributed by atoms with Crippen molar-refractivity contribution in [2.45, 2.75) is 32.9 Å². The van der Waals surface area contributed by atoms with Gasteiger partial charge in [-0.1, -0.05) is 19.1 Å². The van der Waals surface area contributed by atoms with Gasteiger partial charge in [0.2, 0.25) is 0 Å². The lowest BCUT2D eigenvalue weighted by Gasteiger charge is -2.23. The van der Waals surface area contributed by atoms with E-state index in [-0.39, 0.29) is 0 Å². The molecule has 1 aromatic heterocycles. The zero-order valence-electron chi connectivity index (χ0n) is 12.7. The summed E-state index contributed by atoms with van der Waals surface area (Å²) in [7, 11) is 0. The second-order valence-corrected chi connectivity index (χ2v) is 5.68. The van der Waals surface area contributed by atoms with Crippen molar-refractivity contribution in [2.24, 2.45) is 0 Å². The van der Waals surface area contributed by atoms with Crippen LogP contribution in [0.4, 0.5) is 5.69 Å². The summed E-state index contributed by atoms with van der Waals surface area (Å²) in [6.07, 6.45) is 6.18. The van der Waals surface area contributed by atoms with Gasteiger partial charge in [-0.25, -0.2) is 0 Å². The van der Waals surface area contributed by atoms with Crippen LogP contribution < -0.4 is 5.32 Å². The number of aryl methyl sites for hydroxylation is 1. The molecule has 1 N–H and O–H groups in total. The first-order chi connectivity index (χ1) is 10.3. The Balaban J connectivity index is 1.69. The molecule has 2 aromatic rings. The molecule has 1 aromatic carbocycles. The van der Waals surface area contributed by atoms with E-state index in [1.165, 1.54) is 35.2 Å². The largest absolute Gasteiger partial charge is 0.385 e. The highest BCUT2D eigenvalue weighted by Gasteiger charge is 2.10.